The molecule has 0 aliphatic heterocycles. The molecule has 6 heteroatoms. The second-order valence-corrected chi connectivity index (χ2v) is 5.30. The molecule has 0 saturated heterocycles. The first-order valence-electron chi connectivity index (χ1n) is 6.38. The maximum Gasteiger partial charge on any atom is 0.413 e. The molecule has 2 atom stereocenters. The van der Waals surface area contributed by atoms with Gasteiger partial charge in [0.2, 0.25) is 5.91 Å². The second-order valence-electron chi connectivity index (χ2n) is 4.38. The zero-order valence-electron chi connectivity index (χ0n) is 11.8. The van der Waals surface area contributed by atoms with Crippen molar-refractivity contribution in [2.75, 3.05) is 7.11 Å². The summed E-state index contributed by atoms with van der Waals surface area (Å²) in [5.74, 6) is -0.410. The summed E-state index contributed by atoms with van der Waals surface area (Å²) in [6, 6.07) is 7.45. The maximum absolute atomic E-state index is 11.8. The summed E-state index contributed by atoms with van der Waals surface area (Å²) in [6.07, 6.45) is 0.0811. The number of benzene rings is 1. The van der Waals surface area contributed by atoms with Gasteiger partial charge in [-0.15, -0.1) is 0 Å². The molecule has 20 heavy (non-hydrogen) atoms. The van der Waals surface area contributed by atoms with Crippen molar-refractivity contribution in [1.82, 2.24) is 10.6 Å². The van der Waals surface area contributed by atoms with Crippen molar-refractivity contribution in [2.45, 2.75) is 32.4 Å². The quantitative estimate of drug-likeness (QED) is 0.863. The fourth-order valence-electron chi connectivity index (χ4n) is 1.78. The number of rotatable bonds is 5. The molecular weight excluding hydrogens is 324 g/mol. The van der Waals surface area contributed by atoms with Crippen LogP contribution < -0.4 is 10.6 Å². The van der Waals surface area contributed by atoms with Crippen LogP contribution in [-0.4, -0.2) is 25.2 Å². The molecule has 0 radical (unpaired) electrons. The van der Waals surface area contributed by atoms with Gasteiger partial charge in [0.1, 0.15) is 0 Å². The van der Waals surface area contributed by atoms with E-state index in [4.69, 9.17) is 0 Å². The van der Waals surface area contributed by atoms with Gasteiger partial charge in [0, 0.05) is 10.5 Å². The molecular formula is C14H19BrN2O3. The molecule has 0 heterocycles. The predicted molar refractivity (Wildman–Crippen MR) is 80.3 cm³/mol. The average Bonchev–Trinajstić information content (AvgIpc) is 2.45. The molecule has 1 rings (SSSR count). The van der Waals surface area contributed by atoms with Gasteiger partial charge in [0.15, 0.2) is 0 Å². The van der Waals surface area contributed by atoms with Gasteiger partial charge in [-0.25, -0.2) is 4.79 Å². The second kappa shape index (κ2) is 8.01. The Balaban J connectivity index is 2.66. The minimum absolute atomic E-state index is 0.0431. The monoisotopic (exact) mass is 342 g/mol. The molecule has 0 spiro atoms. The highest BCUT2D eigenvalue weighted by Gasteiger charge is 2.19. The van der Waals surface area contributed by atoms with Crippen molar-refractivity contribution in [3.63, 3.8) is 0 Å². The number of amides is 2. The van der Waals surface area contributed by atoms with E-state index in [1.165, 1.54) is 7.11 Å². The SMILES string of the molecule is CC[C@@H](N[C@H](C)C(=O)NC(=O)OC)c1ccc(Br)cc1. The Bertz CT molecular complexity index is 462. The van der Waals surface area contributed by atoms with E-state index in [0.29, 0.717) is 0 Å². The van der Waals surface area contributed by atoms with Crippen molar-refractivity contribution in [1.29, 1.82) is 0 Å². The number of ether oxygens (including phenoxy) is 1. The molecule has 0 saturated carbocycles. The zero-order valence-corrected chi connectivity index (χ0v) is 13.4. The lowest BCUT2D eigenvalue weighted by atomic mass is 10.0. The average molecular weight is 343 g/mol. The van der Waals surface area contributed by atoms with Gasteiger partial charge in [0.25, 0.3) is 0 Å². The van der Waals surface area contributed by atoms with Crippen molar-refractivity contribution >= 4 is 27.9 Å². The van der Waals surface area contributed by atoms with Crippen molar-refractivity contribution in [3.8, 4) is 0 Å². The molecule has 0 unspecified atom stereocenters. The summed E-state index contributed by atoms with van der Waals surface area (Å²) >= 11 is 3.39. The Kier molecular flexibility index (Phi) is 6.67. The third kappa shape index (κ3) is 4.94. The smallest absolute Gasteiger partial charge is 0.413 e. The summed E-state index contributed by atoms with van der Waals surface area (Å²) in [4.78, 5) is 22.8. The molecule has 5 nitrogen and oxygen atoms in total. The van der Waals surface area contributed by atoms with Crippen LogP contribution in [0.5, 0.6) is 0 Å². The molecule has 0 aliphatic rings. The van der Waals surface area contributed by atoms with Crippen LogP contribution in [0.3, 0.4) is 0 Å². The lowest BCUT2D eigenvalue weighted by Gasteiger charge is -2.22. The lowest BCUT2D eigenvalue weighted by Crippen LogP contribution is -2.45. The van der Waals surface area contributed by atoms with E-state index >= 15 is 0 Å². The van der Waals surface area contributed by atoms with Crippen LogP contribution in [0.25, 0.3) is 0 Å². The van der Waals surface area contributed by atoms with Gasteiger partial charge in [0.05, 0.1) is 13.2 Å². The van der Waals surface area contributed by atoms with Crippen LogP contribution in [0.2, 0.25) is 0 Å². The van der Waals surface area contributed by atoms with Gasteiger partial charge < -0.3 is 4.74 Å². The third-order valence-corrected chi connectivity index (χ3v) is 3.46. The fraction of sp³-hybridized carbons (Fsp3) is 0.429. The molecule has 0 aliphatic carbocycles. The summed E-state index contributed by atoms with van der Waals surface area (Å²) < 4.78 is 5.40. The minimum atomic E-state index is -0.750. The Labute approximate surface area is 127 Å². The largest absolute Gasteiger partial charge is 0.453 e. The molecule has 110 valence electrons. The molecule has 0 bridgehead atoms. The molecule has 2 amide bonds. The number of carbonyl (C=O) groups is 2. The number of hydrogen-bond donors (Lipinski definition) is 2. The van der Waals surface area contributed by atoms with E-state index in [1.807, 2.05) is 31.2 Å². The van der Waals surface area contributed by atoms with Gasteiger partial charge in [-0.05, 0) is 31.0 Å². The normalized spacial score (nSPS) is 13.4. The number of halogens is 1. The Morgan fingerprint density at radius 1 is 1.30 bits per heavy atom. The highest BCUT2D eigenvalue weighted by atomic mass is 79.9. The number of imide groups is 1. The van der Waals surface area contributed by atoms with Crippen molar-refractivity contribution < 1.29 is 14.3 Å². The van der Waals surface area contributed by atoms with E-state index in [-0.39, 0.29) is 6.04 Å². The van der Waals surface area contributed by atoms with Gasteiger partial charge in [-0.3, -0.25) is 15.4 Å². The summed E-state index contributed by atoms with van der Waals surface area (Å²) in [6.45, 7) is 3.74. The first-order valence-corrected chi connectivity index (χ1v) is 7.17. The summed E-state index contributed by atoms with van der Waals surface area (Å²) in [5.41, 5.74) is 1.09. The zero-order chi connectivity index (χ0) is 15.1. The highest BCUT2D eigenvalue weighted by Crippen LogP contribution is 2.19. The Morgan fingerprint density at radius 2 is 1.90 bits per heavy atom. The van der Waals surface area contributed by atoms with E-state index in [1.54, 1.807) is 6.92 Å². The van der Waals surface area contributed by atoms with Crippen LogP contribution in [0.15, 0.2) is 28.7 Å². The van der Waals surface area contributed by atoms with Crippen molar-refractivity contribution in [3.05, 3.63) is 34.3 Å². The number of hydrogen-bond acceptors (Lipinski definition) is 4. The van der Waals surface area contributed by atoms with Gasteiger partial charge >= 0.3 is 6.09 Å². The Morgan fingerprint density at radius 3 is 2.40 bits per heavy atom. The van der Waals surface area contributed by atoms with Crippen LogP contribution in [0.4, 0.5) is 4.79 Å². The van der Waals surface area contributed by atoms with E-state index in [0.717, 1.165) is 16.5 Å². The van der Waals surface area contributed by atoms with E-state index in [9.17, 15) is 9.59 Å². The predicted octanol–water partition coefficient (Wildman–Crippen LogP) is 2.76. The van der Waals surface area contributed by atoms with Crippen LogP contribution >= 0.6 is 15.9 Å². The van der Waals surface area contributed by atoms with Crippen LogP contribution in [0, 0.1) is 0 Å². The third-order valence-electron chi connectivity index (χ3n) is 2.94. The topological polar surface area (TPSA) is 67.4 Å². The van der Waals surface area contributed by atoms with Crippen LogP contribution in [-0.2, 0) is 9.53 Å². The number of methoxy groups -OCH3 is 1. The minimum Gasteiger partial charge on any atom is -0.453 e. The highest BCUT2D eigenvalue weighted by molar-refractivity contribution is 9.10. The van der Waals surface area contributed by atoms with Crippen LogP contribution in [0.1, 0.15) is 31.9 Å². The number of alkyl carbamates (subject to hydrolysis) is 1. The summed E-state index contributed by atoms with van der Waals surface area (Å²) in [5, 5.41) is 5.35. The van der Waals surface area contributed by atoms with Gasteiger partial charge in [-0.1, -0.05) is 35.0 Å². The van der Waals surface area contributed by atoms with E-state index in [2.05, 4.69) is 31.3 Å². The first kappa shape index (κ1) is 16.7. The molecule has 0 aromatic heterocycles. The number of nitrogens with one attached hydrogen (secondary N) is 2. The lowest BCUT2D eigenvalue weighted by molar-refractivity contribution is -0.122. The Hall–Kier alpha value is -1.40. The maximum atomic E-state index is 11.8. The molecule has 1 aromatic carbocycles. The van der Waals surface area contributed by atoms with Gasteiger partial charge in [-0.2, -0.15) is 0 Å². The molecule has 0 fully saturated rings. The molecule has 1 aromatic rings. The molecule has 2 N–H and O–H groups in total. The first-order chi connectivity index (χ1) is 9.47. The van der Waals surface area contributed by atoms with E-state index < -0.39 is 18.0 Å². The summed E-state index contributed by atoms with van der Waals surface area (Å²) in [7, 11) is 1.22. The fourth-order valence-corrected chi connectivity index (χ4v) is 2.05. The van der Waals surface area contributed by atoms with Crippen molar-refractivity contribution in [2.24, 2.45) is 0 Å². The standard InChI is InChI=1S/C14H19BrN2O3/c1-4-12(10-5-7-11(15)8-6-10)16-9(2)13(18)17-14(19)20-3/h5-9,12,16H,4H2,1-3H3,(H,17,18,19)/t9-,12-/m1/s1. The number of carbonyl (C=O) groups excluding carboxylic acids is 2.